The van der Waals surface area contributed by atoms with E-state index in [-0.39, 0.29) is 5.41 Å². The molecule has 0 spiro atoms. The third-order valence-electron chi connectivity index (χ3n) is 11.3. The van der Waals surface area contributed by atoms with Crippen molar-refractivity contribution in [2.75, 3.05) is 0 Å². The van der Waals surface area contributed by atoms with Crippen LogP contribution in [-0.2, 0) is 5.41 Å². The van der Waals surface area contributed by atoms with Gasteiger partial charge in [-0.2, -0.15) is 0 Å². The largest absolute Gasteiger partial charge is 0.307 e. The topological polar surface area (TPSA) is 4.41 Å². The summed E-state index contributed by atoms with van der Waals surface area (Å²) in [5.41, 5.74) is 5.43. The number of hydrogen-bond donors (Lipinski definition) is 0. The molecule has 12 rings (SSSR count). The van der Waals surface area contributed by atoms with E-state index >= 15 is 0 Å². The molecule has 0 amide bonds. The van der Waals surface area contributed by atoms with E-state index in [0.29, 0.717) is 0 Å². The number of aromatic nitrogens is 1. The fourth-order valence-electron chi connectivity index (χ4n) is 9.38. The standard InChI is InChI=1S/C44H27N/c1-44(2,3)25-20-32-26-8-4-6-10-28(26)42-39-30-18-16-23-14-12-22-13-15-24-17-19-31(38-36(24)34(22)35(23)37(30)38)40(39)43-29-11-7-5-9-27(29)33(21-25)41(32)45(42)43/h4-21H,1-3H3. The number of nitrogens with zero attached hydrogens (tertiary/aromatic N) is 1. The summed E-state index contributed by atoms with van der Waals surface area (Å²) >= 11 is 0. The zero-order chi connectivity index (χ0) is 29.5. The molecule has 0 bridgehead atoms. The van der Waals surface area contributed by atoms with E-state index in [1.807, 2.05) is 0 Å². The quantitative estimate of drug-likeness (QED) is 0.126. The van der Waals surface area contributed by atoms with E-state index in [1.165, 1.54) is 119 Å². The lowest BCUT2D eigenvalue weighted by atomic mass is 9.84. The first-order valence-electron chi connectivity index (χ1n) is 16.1. The molecule has 12 aromatic rings. The number of pyridine rings is 2. The Morgan fingerprint density at radius 3 is 1.20 bits per heavy atom. The molecule has 3 aromatic heterocycles. The number of hydrogen-bond acceptors (Lipinski definition) is 0. The highest BCUT2D eigenvalue weighted by Crippen LogP contribution is 2.55. The Labute approximate surface area is 258 Å². The van der Waals surface area contributed by atoms with Crippen molar-refractivity contribution in [3.05, 3.63) is 115 Å². The Hall–Kier alpha value is -5.40. The van der Waals surface area contributed by atoms with Gasteiger partial charge in [-0.25, -0.2) is 0 Å². The summed E-state index contributed by atoms with van der Waals surface area (Å²) < 4.78 is 2.66. The third kappa shape index (κ3) is 2.41. The molecular formula is C44H27N. The lowest BCUT2D eigenvalue weighted by molar-refractivity contribution is 0.592. The van der Waals surface area contributed by atoms with Crippen LogP contribution in [0.2, 0.25) is 0 Å². The molecule has 0 fully saturated rings. The molecule has 0 atom stereocenters. The van der Waals surface area contributed by atoms with Crippen molar-refractivity contribution in [2.45, 2.75) is 26.2 Å². The van der Waals surface area contributed by atoms with Crippen LogP contribution in [0.4, 0.5) is 0 Å². The molecule has 3 heterocycles. The summed E-state index contributed by atoms with van der Waals surface area (Å²) in [6.45, 7) is 7.01. The van der Waals surface area contributed by atoms with E-state index in [9.17, 15) is 0 Å². The summed E-state index contributed by atoms with van der Waals surface area (Å²) in [4.78, 5) is 0. The fraction of sp³-hybridized carbons (Fsp3) is 0.0909. The van der Waals surface area contributed by atoms with Crippen molar-refractivity contribution in [1.82, 2.24) is 4.40 Å². The first kappa shape index (κ1) is 23.0. The van der Waals surface area contributed by atoms with Gasteiger partial charge in [0.2, 0.25) is 0 Å². The van der Waals surface area contributed by atoms with Gasteiger partial charge >= 0.3 is 0 Å². The first-order valence-corrected chi connectivity index (χ1v) is 16.1. The van der Waals surface area contributed by atoms with Crippen LogP contribution >= 0.6 is 0 Å². The molecule has 208 valence electrons. The molecule has 1 nitrogen and oxygen atoms in total. The predicted molar refractivity (Wildman–Crippen MR) is 196 cm³/mol. The fourth-order valence-corrected chi connectivity index (χ4v) is 9.38. The summed E-state index contributed by atoms with van der Waals surface area (Å²) in [5.74, 6) is 0. The average molecular weight is 570 g/mol. The van der Waals surface area contributed by atoms with Crippen molar-refractivity contribution in [3.63, 3.8) is 0 Å². The van der Waals surface area contributed by atoms with Gasteiger partial charge in [-0.3, -0.25) is 0 Å². The first-order chi connectivity index (χ1) is 22.0. The average Bonchev–Trinajstić information content (AvgIpc) is 3.62. The summed E-state index contributed by atoms with van der Waals surface area (Å²) in [5, 5.41) is 24.7. The Balaban J connectivity index is 1.53. The molecule has 0 aliphatic carbocycles. The zero-order valence-electron chi connectivity index (χ0n) is 25.3. The van der Waals surface area contributed by atoms with Crippen molar-refractivity contribution >= 4 is 114 Å². The van der Waals surface area contributed by atoms with Gasteiger partial charge in [0.25, 0.3) is 0 Å². The van der Waals surface area contributed by atoms with E-state index in [2.05, 4.69) is 134 Å². The summed E-state index contributed by atoms with van der Waals surface area (Å²) in [7, 11) is 0. The minimum absolute atomic E-state index is 0.0337. The Morgan fingerprint density at radius 1 is 0.356 bits per heavy atom. The van der Waals surface area contributed by atoms with Gasteiger partial charge < -0.3 is 4.40 Å². The summed E-state index contributed by atoms with van der Waals surface area (Å²) in [6.07, 6.45) is 0. The molecule has 0 unspecified atom stereocenters. The maximum absolute atomic E-state index is 2.66. The van der Waals surface area contributed by atoms with Crippen molar-refractivity contribution in [1.29, 1.82) is 0 Å². The van der Waals surface area contributed by atoms with E-state index in [1.54, 1.807) is 0 Å². The van der Waals surface area contributed by atoms with Crippen molar-refractivity contribution in [3.8, 4) is 0 Å². The highest BCUT2D eigenvalue weighted by Gasteiger charge is 2.29. The molecule has 45 heavy (non-hydrogen) atoms. The van der Waals surface area contributed by atoms with Gasteiger partial charge in [-0.15, -0.1) is 0 Å². The Morgan fingerprint density at radius 2 is 0.756 bits per heavy atom. The third-order valence-corrected chi connectivity index (χ3v) is 11.3. The Kier molecular flexibility index (Phi) is 3.64. The molecule has 0 aliphatic heterocycles. The van der Waals surface area contributed by atoms with Crippen LogP contribution in [0.1, 0.15) is 26.3 Å². The minimum atomic E-state index is 0.0337. The second kappa shape index (κ2) is 7.11. The number of fused-ring (bicyclic) bond motifs is 11. The maximum atomic E-state index is 2.66. The van der Waals surface area contributed by atoms with Gasteiger partial charge in [-0.1, -0.05) is 118 Å². The summed E-state index contributed by atoms with van der Waals surface area (Å²) in [6, 6.07) is 42.1. The zero-order valence-corrected chi connectivity index (χ0v) is 25.3. The van der Waals surface area contributed by atoms with E-state index < -0.39 is 0 Å². The smallest absolute Gasteiger partial charge is 0.0626 e. The molecule has 0 radical (unpaired) electrons. The molecular weight excluding hydrogens is 542 g/mol. The van der Waals surface area contributed by atoms with E-state index in [4.69, 9.17) is 0 Å². The number of rotatable bonds is 0. The second-order valence-corrected chi connectivity index (χ2v) is 14.4. The molecule has 9 aromatic carbocycles. The van der Waals surface area contributed by atoms with Gasteiger partial charge in [0, 0.05) is 32.3 Å². The molecule has 0 N–H and O–H groups in total. The number of benzene rings is 8. The lowest BCUT2D eigenvalue weighted by Crippen LogP contribution is -2.11. The van der Waals surface area contributed by atoms with Gasteiger partial charge in [0.1, 0.15) is 0 Å². The monoisotopic (exact) mass is 569 g/mol. The van der Waals surface area contributed by atoms with Crippen molar-refractivity contribution < 1.29 is 0 Å². The van der Waals surface area contributed by atoms with Gasteiger partial charge in [0.05, 0.1) is 16.6 Å². The van der Waals surface area contributed by atoms with Crippen LogP contribution in [-0.4, -0.2) is 4.40 Å². The van der Waals surface area contributed by atoms with Crippen LogP contribution in [0.3, 0.4) is 0 Å². The van der Waals surface area contributed by atoms with Gasteiger partial charge in [0.15, 0.2) is 0 Å². The molecule has 0 saturated heterocycles. The molecule has 1 heteroatoms. The molecule has 0 aliphatic rings. The highest BCUT2D eigenvalue weighted by atomic mass is 14.9. The van der Waals surface area contributed by atoms with Crippen LogP contribution in [0.25, 0.3) is 114 Å². The Bertz CT molecular complexity index is 3020. The SMILES string of the molecule is CC(C)(C)c1cc2c3ccccc3c3c4c5ccc6ccc7ccc8ccc(c9c8c7c6c59)c4c4c5ccccc5c(c1)c2n34. The highest BCUT2D eigenvalue weighted by molar-refractivity contribution is 6.52. The predicted octanol–water partition coefficient (Wildman–Crippen LogP) is 12.5. The van der Waals surface area contributed by atoms with E-state index in [0.717, 1.165) is 0 Å². The van der Waals surface area contributed by atoms with Crippen LogP contribution < -0.4 is 0 Å². The minimum Gasteiger partial charge on any atom is -0.307 e. The normalized spacial score (nSPS) is 13.7. The van der Waals surface area contributed by atoms with Gasteiger partial charge in [-0.05, 0) is 87.7 Å². The lowest BCUT2D eigenvalue weighted by Gasteiger charge is -2.23. The van der Waals surface area contributed by atoms with Crippen molar-refractivity contribution in [2.24, 2.45) is 0 Å². The van der Waals surface area contributed by atoms with Crippen LogP contribution in [0.15, 0.2) is 109 Å². The maximum Gasteiger partial charge on any atom is 0.0626 e. The van der Waals surface area contributed by atoms with Crippen LogP contribution in [0.5, 0.6) is 0 Å². The molecule has 0 saturated carbocycles. The van der Waals surface area contributed by atoms with Crippen LogP contribution in [0, 0.1) is 0 Å². The second-order valence-electron chi connectivity index (χ2n) is 14.4.